The zero-order valence-corrected chi connectivity index (χ0v) is 14.7. The summed E-state index contributed by atoms with van der Waals surface area (Å²) in [5.41, 5.74) is 8.09. The fourth-order valence-corrected chi connectivity index (χ4v) is 4.11. The number of rotatable bonds is 4. The van der Waals surface area contributed by atoms with Gasteiger partial charge in [0.05, 0.1) is 24.1 Å². The van der Waals surface area contributed by atoms with Crippen molar-refractivity contribution < 1.29 is 13.7 Å². The maximum atomic E-state index is 13.4. The Balaban J connectivity index is 1.49. The summed E-state index contributed by atoms with van der Waals surface area (Å²) >= 11 is 0. The zero-order chi connectivity index (χ0) is 18.1. The molecule has 0 radical (unpaired) electrons. The molecule has 138 valence electrons. The minimum absolute atomic E-state index is 0.0410. The van der Waals surface area contributed by atoms with Crippen molar-refractivity contribution in [1.82, 2.24) is 20.9 Å². The highest BCUT2D eigenvalue weighted by atomic mass is 19.1. The van der Waals surface area contributed by atoms with Crippen LogP contribution in [0.2, 0.25) is 0 Å². The number of carbonyl (C=O) groups is 1. The molecule has 6 nitrogen and oxygen atoms in total. The number of nitrogens with zero attached hydrogens (tertiary/aromatic N) is 2. The number of halogens is 1. The van der Waals surface area contributed by atoms with Crippen molar-refractivity contribution in [3.63, 3.8) is 0 Å². The lowest BCUT2D eigenvalue weighted by Crippen LogP contribution is -2.50. The highest BCUT2D eigenvalue weighted by Crippen LogP contribution is 2.32. The zero-order valence-electron chi connectivity index (χ0n) is 14.7. The van der Waals surface area contributed by atoms with E-state index in [-0.39, 0.29) is 36.1 Å². The number of hydrogen-bond acceptors (Lipinski definition) is 5. The van der Waals surface area contributed by atoms with Gasteiger partial charge in [-0.15, -0.1) is 0 Å². The number of aromatic nitrogens is 1. The lowest BCUT2D eigenvalue weighted by molar-refractivity contribution is -0.131. The van der Waals surface area contributed by atoms with E-state index in [9.17, 15) is 9.18 Å². The summed E-state index contributed by atoms with van der Waals surface area (Å²) in [6.07, 6.45) is 2.14. The first kappa shape index (κ1) is 17.2. The van der Waals surface area contributed by atoms with E-state index in [4.69, 9.17) is 4.52 Å². The van der Waals surface area contributed by atoms with Crippen LogP contribution >= 0.6 is 0 Å². The van der Waals surface area contributed by atoms with Crippen LogP contribution in [0.3, 0.4) is 0 Å². The fourth-order valence-electron chi connectivity index (χ4n) is 4.11. The van der Waals surface area contributed by atoms with Crippen LogP contribution in [0.15, 0.2) is 34.9 Å². The minimum Gasteiger partial charge on any atom is -0.361 e. The van der Waals surface area contributed by atoms with Crippen molar-refractivity contribution in [2.75, 3.05) is 13.1 Å². The first-order valence-corrected chi connectivity index (χ1v) is 9.07. The number of hydrazine groups is 1. The van der Waals surface area contributed by atoms with Crippen molar-refractivity contribution in [3.05, 3.63) is 53.2 Å². The largest absolute Gasteiger partial charge is 0.361 e. The Morgan fingerprint density at radius 1 is 1.42 bits per heavy atom. The van der Waals surface area contributed by atoms with Gasteiger partial charge in [0.25, 0.3) is 0 Å². The number of aryl methyl sites for hydroxylation is 1. The van der Waals surface area contributed by atoms with Crippen molar-refractivity contribution in [1.29, 1.82) is 0 Å². The lowest BCUT2D eigenvalue weighted by atomic mass is 9.91. The Morgan fingerprint density at radius 3 is 3.08 bits per heavy atom. The molecule has 1 aromatic heterocycles. The average Bonchev–Trinajstić information content (AvgIpc) is 3.34. The lowest BCUT2D eigenvalue weighted by Gasteiger charge is -2.31. The van der Waals surface area contributed by atoms with E-state index in [2.05, 4.69) is 16.0 Å². The van der Waals surface area contributed by atoms with Gasteiger partial charge in [0, 0.05) is 25.2 Å². The van der Waals surface area contributed by atoms with Gasteiger partial charge < -0.3 is 9.42 Å². The Morgan fingerprint density at radius 2 is 2.31 bits per heavy atom. The van der Waals surface area contributed by atoms with Crippen molar-refractivity contribution in [2.45, 2.75) is 44.2 Å². The molecule has 3 atom stereocenters. The molecule has 2 N–H and O–H groups in total. The summed E-state index contributed by atoms with van der Waals surface area (Å²) in [7, 11) is 0. The molecule has 0 aliphatic carbocycles. The molecule has 2 fully saturated rings. The second kappa shape index (κ2) is 7.17. The number of benzene rings is 1. The molecule has 1 aromatic carbocycles. The van der Waals surface area contributed by atoms with E-state index in [1.807, 2.05) is 17.9 Å². The summed E-state index contributed by atoms with van der Waals surface area (Å²) in [6, 6.07) is 8.37. The van der Waals surface area contributed by atoms with Crippen LogP contribution in [0.25, 0.3) is 0 Å². The third-order valence-electron chi connectivity index (χ3n) is 5.31. The molecule has 3 heterocycles. The van der Waals surface area contributed by atoms with Crippen LogP contribution in [-0.2, 0) is 11.2 Å². The maximum absolute atomic E-state index is 13.4. The molecule has 2 aliphatic rings. The number of amides is 1. The van der Waals surface area contributed by atoms with Crippen LogP contribution in [0.1, 0.15) is 35.8 Å². The van der Waals surface area contributed by atoms with Gasteiger partial charge in [0.15, 0.2) is 0 Å². The maximum Gasteiger partial charge on any atom is 0.227 e. The molecule has 26 heavy (non-hydrogen) atoms. The predicted molar refractivity (Wildman–Crippen MR) is 93.7 cm³/mol. The third kappa shape index (κ3) is 3.37. The molecule has 0 saturated carbocycles. The Bertz CT molecular complexity index is 793. The van der Waals surface area contributed by atoms with E-state index in [1.165, 1.54) is 12.1 Å². The van der Waals surface area contributed by atoms with E-state index >= 15 is 0 Å². The molecule has 7 heteroatoms. The van der Waals surface area contributed by atoms with Crippen LogP contribution < -0.4 is 10.9 Å². The minimum atomic E-state index is -0.310. The Hall–Kier alpha value is -2.25. The third-order valence-corrected chi connectivity index (χ3v) is 5.31. The number of hydrogen-bond donors (Lipinski definition) is 2. The SMILES string of the molecule is Cc1cc(C2CNNC2C2CCCN2C(=O)Cc2cccc(F)c2)on1. The molecule has 0 spiro atoms. The summed E-state index contributed by atoms with van der Waals surface area (Å²) in [6.45, 7) is 3.38. The van der Waals surface area contributed by atoms with Gasteiger partial charge in [-0.2, -0.15) is 0 Å². The second-order valence-electron chi connectivity index (χ2n) is 7.13. The predicted octanol–water partition coefficient (Wildman–Crippen LogP) is 1.92. The van der Waals surface area contributed by atoms with Crippen molar-refractivity contribution in [3.8, 4) is 0 Å². The van der Waals surface area contributed by atoms with Gasteiger partial charge in [-0.05, 0) is 37.5 Å². The smallest absolute Gasteiger partial charge is 0.227 e. The Labute approximate surface area is 151 Å². The topological polar surface area (TPSA) is 70.4 Å². The number of nitrogens with one attached hydrogen (secondary N) is 2. The van der Waals surface area contributed by atoms with E-state index < -0.39 is 0 Å². The number of carbonyl (C=O) groups excluding carboxylic acids is 1. The van der Waals surface area contributed by atoms with Crippen molar-refractivity contribution >= 4 is 5.91 Å². The summed E-state index contributed by atoms with van der Waals surface area (Å²) in [5.74, 6) is 0.702. The molecule has 0 bridgehead atoms. The molecule has 3 unspecified atom stereocenters. The quantitative estimate of drug-likeness (QED) is 0.874. The van der Waals surface area contributed by atoms with Gasteiger partial charge in [-0.25, -0.2) is 4.39 Å². The second-order valence-corrected chi connectivity index (χ2v) is 7.13. The number of likely N-dealkylation sites (tertiary alicyclic amines) is 1. The van der Waals surface area contributed by atoms with Crippen LogP contribution in [0, 0.1) is 12.7 Å². The molecular weight excluding hydrogens is 335 g/mol. The monoisotopic (exact) mass is 358 g/mol. The summed E-state index contributed by atoms with van der Waals surface area (Å²) in [5, 5.41) is 3.99. The molecule has 2 aliphatic heterocycles. The summed E-state index contributed by atoms with van der Waals surface area (Å²) < 4.78 is 18.9. The van der Waals surface area contributed by atoms with Crippen LogP contribution in [0.4, 0.5) is 4.39 Å². The highest BCUT2D eigenvalue weighted by Gasteiger charge is 2.42. The van der Waals surface area contributed by atoms with E-state index in [1.54, 1.807) is 12.1 Å². The molecule has 2 aromatic rings. The standard InChI is InChI=1S/C19H23FN4O2/c1-12-8-17(26-23-12)15-11-21-22-19(15)16-6-3-7-24(16)18(25)10-13-4-2-5-14(20)9-13/h2,4-5,8-9,15-16,19,21-22H,3,6-7,10-11H2,1H3. The van der Waals surface area contributed by atoms with Gasteiger partial charge in [-0.1, -0.05) is 17.3 Å². The van der Waals surface area contributed by atoms with Crippen molar-refractivity contribution in [2.24, 2.45) is 0 Å². The van der Waals surface area contributed by atoms with Crippen LogP contribution in [0.5, 0.6) is 0 Å². The normalized spacial score (nSPS) is 25.8. The fraction of sp³-hybridized carbons (Fsp3) is 0.474. The van der Waals surface area contributed by atoms with Gasteiger partial charge >= 0.3 is 0 Å². The first-order valence-electron chi connectivity index (χ1n) is 9.07. The molecule has 1 amide bonds. The van der Waals surface area contributed by atoms with Gasteiger partial charge in [0.2, 0.25) is 5.91 Å². The molecular formula is C19H23FN4O2. The summed E-state index contributed by atoms with van der Waals surface area (Å²) in [4.78, 5) is 14.8. The van der Waals surface area contributed by atoms with E-state index in [0.29, 0.717) is 5.56 Å². The first-order chi connectivity index (χ1) is 12.6. The molecule has 2 saturated heterocycles. The highest BCUT2D eigenvalue weighted by molar-refractivity contribution is 5.79. The molecule has 4 rings (SSSR count). The van der Waals surface area contributed by atoms with Gasteiger partial charge in [-0.3, -0.25) is 15.6 Å². The average molecular weight is 358 g/mol. The van der Waals surface area contributed by atoms with E-state index in [0.717, 1.165) is 37.4 Å². The Kier molecular flexibility index (Phi) is 4.74. The van der Waals surface area contributed by atoms with Gasteiger partial charge in [0.1, 0.15) is 11.6 Å². The van der Waals surface area contributed by atoms with Crippen LogP contribution in [-0.4, -0.2) is 41.1 Å².